The molecule has 1 aliphatic rings. The standard InChI is InChI=1S/C26H33NO6/c1-16(2)23-21-9-8-20(14-17(21)11-12-27(23)25(30)33-26(3,4)5)32-15-19-13-18(24(28)29)7-10-22(19)31-6/h7-10,13-14,16,23H,11-12,15H2,1-6H3,(H,28,29)/t23-/m0/s1. The van der Waals surface area contributed by atoms with Crippen molar-refractivity contribution >= 4 is 12.1 Å². The molecule has 1 aliphatic heterocycles. The number of carboxylic acids is 1. The number of hydrogen-bond donors (Lipinski definition) is 1. The van der Waals surface area contributed by atoms with Crippen LogP contribution in [0.25, 0.3) is 0 Å². The lowest BCUT2D eigenvalue weighted by Gasteiger charge is -2.40. The zero-order valence-electron chi connectivity index (χ0n) is 20.2. The van der Waals surface area contributed by atoms with Crippen molar-refractivity contribution in [2.45, 2.75) is 59.3 Å². The van der Waals surface area contributed by atoms with E-state index in [1.54, 1.807) is 19.2 Å². The molecule has 0 saturated carbocycles. The van der Waals surface area contributed by atoms with Crippen LogP contribution >= 0.6 is 0 Å². The van der Waals surface area contributed by atoms with Gasteiger partial charge in [-0.05, 0) is 74.6 Å². The van der Waals surface area contributed by atoms with E-state index in [9.17, 15) is 14.7 Å². The predicted octanol–water partition coefficient (Wildman–Crippen LogP) is 5.46. The normalized spacial score (nSPS) is 15.7. The average Bonchev–Trinajstić information content (AvgIpc) is 2.74. The monoisotopic (exact) mass is 455 g/mol. The van der Waals surface area contributed by atoms with Gasteiger partial charge in [0.05, 0.1) is 18.7 Å². The first-order valence-electron chi connectivity index (χ1n) is 11.2. The Hall–Kier alpha value is -3.22. The lowest BCUT2D eigenvalue weighted by Crippen LogP contribution is -2.44. The second-order valence-corrected chi connectivity index (χ2v) is 9.59. The van der Waals surface area contributed by atoms with Gasteiger partial charge in [-0.1, -0.05) is 19.9 Å². The second kappa shape index (κ2) is 9.73. The summed E-state index contributed by atoms with van der Waals surface area (Å²) in [6.07, 6.45) is 0.407. The molecule has 33 heavy (non-hydrogen) atoms. The molecule has 0 radical (unpaired) electrons. The summed E-state index contributed by atoms with van der Waals surface area (Å²) in [6.45, 7) is 10.6. The Morgan fingerprint density at radius 2 is 1.88 bits per heavy atom. The van der Waals surface area contributed by atoms with Crippen LogP contribution in [0.5, 0.6) is 11.5 Å². The molecule has 0 unspecified atom stereocenters. The van der Waals surface area contributed by atoms with Gasteiger partial charge in [0, 0.05) is 12.1 Å². The number of methoxy groups -OCH3 is 1. The maximum absolute atomic E-state index is 12.8. The summed E-state index contributed by atoms with van der Waals surface area (Å²) in [5.74, 6) is 0.476. The molecule has 0 bridgehead atoms. The predicted molar refractivity (Wildman–Crippen MR) is 125 cm³/mol. The molecule has 1 amide bonds. The number of nitrogens with zero attached hydrogens (tertiary/aromatic N) is 1. The molecule has 0 spiro atoms. The highest BCUT2D eigenvalue weighted by Crippen LogP contribution is 2.38. The quantitative estimate of drug-likeness (QED) is 0.622. The van der Waals surface area contributed by atoms with Gasteiger partial charge in [-0.25, -0.2) is 9.59 Å². The number of benzene rings is 2. The number of ether oxygens (including phenoxy) is 3. The summed E-state index contributed by atoms with van der Waals surface area (Å²) in [4.78, 5) is 26.0. The van der Waals surface area contributed by atoms with E-state index in [1.165, 1.54) is 6.07 Å². The van der Waals surface area contributed by atoms with Crippen molar-refractivity contribution in [1.29, 1.82) is 0 Å². The SMILES string of the molecule is COc1ccc(C(=O)O)cc1COc1ccc2c(c1)CCN(C(=O)OC(C)(C)C)[C@H]2C(C)C. The van der Waals surface area contributed by atoms with Crippen LogP contribution in [0.1, 0.15) is 67.7 Å². The van der Waals surface area contributed by atoms with Gasteiger partial charge in [0.15, 0.2) is 0 Å². The van der Waals surface area contributed by atoms with Crippen molar-refractivity contribution in [3.05, 3.63) is 58.7 Å². The number of hydrogen-bond acceptors (Lipinski definition) is 5. The van der Waals surface area contributed by atoms with E-state index in [2.05, 4.69) is 13.8 Å². The molecule has 7 nitrogen and oxygen atoms in total. The number of fused-ring (bicyclic) bond motifs is 1. The molecule has 0 saturated heterocycles. The van der Waals surface area contributed by atoms with Crippen molar-refractivity contribution < 1.29 is 28.9 Å². The Morgan fingerprint density at radius 1 is 1.15 bits per heavy atom. The third-order valence-electron chi connectivity index (χ3n) is 5.57. The van der Waals surface area contributed by atoms with Crippen molar-refractivity contribution in [3.63, 3.8) is 0 Å². The van der Waals surface area contributed by atoms with E-state index < -0.39 is 11.6 Å². The van der Waals surface area contributed by atoms with Crippen LogP contribution in [0, 0.1) is 5.92 Å². The average molecular weight is 456 g/mol. The molecule has 1 heterocycles. The first kappa shape index (κ1) is 24.4. The summed E-state index contributed by atoms with van der Waals surface area (Å²) in [7, 11) is 1.54. The molecule has 1 N–H and O–H groups in total. The number of aromatic carboxylic acids is 1. The maximum Gasteiger partial charge on any atom is 0.410 e. The highest BCUT2D eigenvalue weighted by atomic mass is 16.6. The van der Waals surface area contributed by atoms with E-state index in [4.69, 9.17) is 14.2 Å². The van der Waals surface area contributed by atoms with Gasteiger partial charge >= 0.3 is 12.1 Å². The van der Waals surface area contributed by atoms with Crippen LogP contribution in [0.4, 0.5) is 4.79 Å². The molecular weight excluding hydrogens is 422 g/mol. The minimum absolute atomic E-state index is 0.0787. The molecule has 0 fully saturated rings. The molecule has 178 valence electrons. The Kier molecular flexibility index (Phi) is 7.20. The Labute approximate surface area is 195 Å². The van der Waals surface area contributed by atoms with Gasteiger partial charge in [0.1, 0.15) is 23.7 Å². The molecular formula is C26H33NO6. The topological polar surface area (TPSA) is 85.3 Å². The van der Waals surface area contributed by atoms with E-state index in [0.29, 0.717) is 30.0 Å². The Bertz CT molecular complexity index is 1020. The summed E-state index contributed by atoms with van der Waals surface area (Å²) in [6, 6.07) is 10.5. The largest absolute Gasteiger partial charge is 0.496 e. The van der Waals surface area contributed by atoms with Crippen LogP contribution in [0.15, 0.2) is 36.4 Å². The summed E-state index contributed by atoms with van der Waals surface area (Å²) in [5, 5.41) is 9.26. The lowest BCUT2D eigenvalue weighted by atomic mass is 9.86. The molecule has 0 aromatic heterocycles. The molecule has 2 aromatic rings. The van der Waals surface area contributed by atoms with Crippen molar-refractivity contribution in [2.24, 2.45) is 5.92 Å². The Balaban J connectivity index is 1.81. The fourth-order valence-electron chi connectivity index (χ4n) is 4.15. The van der Waals surface area contributed by atoms with Crippen LogP contribution in [0.3, 0.4) is 0 Å². The van der Waals surface area contributed by atoms with Crippen molar-refractivity contribution in [3.8, 4) is 11.5 Å². The van der Waals surface area contributed by atoms with Crippen LogP contribution < -0.4 is 9.47 Å². The molecule has 7 heteroatoms. The summed E-state index contributed by atoms with van der Waals surface area (Å²) < 4.78 is 17.0. The third-order valence-corrected chi connectivity index (χ3v) is 5.57. The molecule has 1 atom stereocenters. The van der Waals surface area contributed by atoms with Gasteiger partial charge in [-0.3, -0.25) is 0 Å². The minimum Gasteiger partial charge on any atom is -0.496 e. The number of carbonyl (C=O) groups excluding carboxylic acids is 1. The van der Waals surface area contributed by atoms with Gasteiger partial charge in [-0.2, -0.15) is 0 Å². The molecule has 2 aromatic carbocycles. The van der Waals surface area contributed by atoms with E-state index in [0.717, 1.165) is 11.1 Å². The highest BCUT2D eigenvalue weighted by molar-refractivity contribution is 5.88. The fourth-order valence-corrected chi connectivity index (χ4v) is 4.15. The number of amides is 1. The smallest absolute Gasteiger partial charge is 0.410 e. The van der Waals surface area contributed by atoms with E-state index in [-0.39, 0.29) is 30.2 Å². The van der Waals surface area contributed by atoms with Crippen LogP contribution in [0.2, 0.25) is 0 Å². The van der Waals surface area contributed by atoms with Gasteiger partial charge in [0.25, 0.3) is 0 Å². The van der Waals surface area contributed by atoms with Gasteiger partial charge in [-0.15, -0.1) is 0 Å². The number of carboxylic acid groups (broad SMARTS) is 1. The van der Waals surface area contributed by atoms with Gasteiger partial charge < -0.3 is 24.2 Å². The Morgan fingerprint density at radius 3 is 2.48 bits per heavy atom. The number of carbonyl (C=O) groups is 2. The van der Waals surface area contributed by atoms with Crippen LogP contribution in [-0.2, 0) is 17.8 Å². The number of rotatable bonds is 6. The minimum atomic E-state index is -0.998. The molecule has 0 aliphatic carbocycles. The molecule has 3 rings (SSSR count). The zero-order chi connectivity index (χ0) is 24.3. The first-order valence-corrected chi connectivity index (χ1v) is 11.2. The lowest BCUT2D eigenvalue weighted by molar-refractivity contribution is 0.00875. The fraction of sp³-hybridized carbons (Fsp3) is 0.462. The van der Waals surface area contributed by atoms with Gasteiger partial charge in [0.2, 0.25) is 0 Å². The first-order chi connectivity index (χ1) is 15.5. The van der Waals surface area contributed by atoms with Crippen LogP contribution in [-0.4, -0.2) is 41.3 Å². The van der Waals surface area contributed by atoms with Crippen molar-refractivity contribution in [1.82, 2.24) is 4.90 Å². The maximum atomic E-state index is 12.8. The summed E-state index contributed by atoms with van der Waals surface area (Å²) >= 11 is 0. The zero-order valence-corrected chi connectivity index (χ0v) is 20.2. The van der Waals surface area contributed by atoms with E-state index in [1.807, 2.05) is 43.9 Å². The highest BCUT2D eigenvalue weighted by Gasteiger charge is 2.35. The third kappa shape index (κ3) is 5.78. The second-order valence-electron chi connectivity index (χ2n) is 9.59. The summed E-state index contributed by atoms with van der Waals surface area (Å²) in [5.41, 5.74) is 2.53. The van der Waals surface area contributed by atoms with E-state index >= 15 is 0 Å². The van der Waals surface area contributed by atoms with Crippen molar-refractivity contribution in [2.75, 3.05) is 13.7 Å².